The maximum Gasteiger partial charge on any atom is 0.407 e. The Morgan fingerprint density at radius 2 is 1.82 bits per heavy atom. The molecule has 2 aromatic rings. The van der Waals surface area contributed by atoms with E-state index in [0.717, 1.165) is 0 Å². The molecule has 1 saturated heterocycles. The van der Waals surface area contributed by atoms with Gasteiger partial charge in [-0.1, -0.05) is 23.2 Å². The third-order valence-corrected chi connectivity index (χ3v) is 5.17. The van der Waals surface area contributed by atoms with Gasteiger partial charge >= 0.3 is 6.09 Å². The third kappa shape index (κ3) is 4.13. The van der Waals surface area contributed by atoms with Gasteiger partial charge in [-0.3, -0.25) is 9.59 Å². The van der Waals surface area contributed by atoms with Crippen LogP contribution in [0.25, 0.3) is 0 Å². The Labute approximate surface area is 169 Å². The summed E-state index contributed by atoms with van der Waals surface area (Å²) in [5.74, 6) is -2.06. The number of likely N-dealkylation sites (tertiary alicyclic amines) is 1. The van der Waals surface area contributed by atoms with E-state index in [1.54, 1.807) is 0 Å². The van der Waals surface area contributed by atoms with Crippen LogP contribution in [0.2, 0.25) is 10.0 Å². The van der Waals surface area contributed by atoms with Gasteiger partial charge in [0.1, 0.15) is 5.69 Å². The quantitative estimate of drug-likeness (QED) is 0.512. The van der Waals surface area contributed by atoms with Crippen molar-refractivity contribution in [2.24, 2.45) is 0 Å². The van der Waals surface area contributed by atoms with E-state index in [1.165, 1.54) is 29.3 Å². The van der Waals surface area contributed by atoms with E-state index in [1.807, 2.05) is 0 Å². The summed E-state index contributed by atoms with van der Waals surface area (Å²) >= 11 is 11.6. The number of hydrogen-bond acceptors (Lipinski definition) is 3. The molecule has 3 rings (SSSR count). The average molecular weight is 428 g/mol. The lowest BCUT2D eigenvalue weighted by Gasteiger charge is -2.30. The van der Waals surface area contributed by atoms with Crippen molar-refractivity contribution < 1.29 is 23.9 Å². The number of amides is 2. The van der Waals surface area contributed by atoms with Crippen LogP contribution in [0.3, 0.4) is 0 Å². The Balaban J connectivity index is 1.69. The largest absolute Gasteiger partial charge is 0.465 e. The van der Waals surface area contributed by atoms with E-state index in [9.17, 15) is 18.8 Å². The Hall–Kier alpha value is -2.58. The maximum atomic E-state index is 14.2. The van der Waals surface area contributed by atoms with Crippen LogP contribution >= 0.6 is 23.2 Å². The Morgan fingerprint density at radius 1 is 1.18 bits per heavy atom. The fourth-order valence-corrected chi connectivity index (χ4v) is 3.40. The molecule has 0 radical (unpaired) electrons. The number of nitrogens with one attached hydrogen (secondary N) is 2. The predicted octanol–water partition coefficient (Wildman–Crippen LogP) is 3.56. The van der Waals surface area contributed by atoms with Crippen molar-refractivity contribution in [2.45, 2.75) is 18.9 Å². The van der Waals surface area contributed by atoms with Gasteiger partial charge in [0, 0.05) is 30.9 Å². The summed E-state index contributed by atoms with van der Waals surface area (Å²) in [7, 11) is 0. The minimum absolute atomic E-state index is 0.0638. The summed E-state index contributed by atoms with van der Waals surface area (Å²) < 4.78 is 14.2. The van der Waals surface area contributed by atoms with Gasteiger partial charge in [-0.25, -0.2) is 9.18 Å². The molecule has 148 valence electrons. The highest BCUT2D eigenvalue weighted by Crippen LogP contribution is 2.28. The molecule has 0 atom stereocenters. The zero-order valence-corrected chi connectivity index (χ0v) is 16.0. The second kappa shape index (κ2) is 8.20. The van der Waals surface area contributed by atoms with Gasteiger partial charge in [0.15, 0.2) is 11.6 Å². The van der Waals surface area contributed by atoms with Gasteiger partial charge in [0.2, 0.25) is 0 Å². The minimum atomic E-state index is -0.982. The lowest BCUT2D eigenvalue weighted by molar-refractivity contribution is 0.0902. The van der Waals surface area contributed by atoms with Crippen molar-refractivity contribution in [2.75, 3.05) is 13.1 Å². The van der Waals surface area contributed by atoms with Crippen LogP contribution in [-0.2, 0) is 0 Å². The molecule has 1 aromatic heterocycles. The molecule has 1 aliphatic rings. The lowest BCUT2D eigenvalue weighted by Crippen LogP contribution is -2.46. The van der Waals surface area contributed by atoms with Crippen LogP contribution in [0.4, 0.5) is 9.18 Å². The Bertz CT molecular complexity index is 939. The summed E-state index contributed by atoms with van der Waals surface area (Å²) in [6.07, 6.45) is 1.30. The van der Waals surface area contributed by atoms with E-state index in [2.05, 4.69) is 10.3 Å². The van der Waals surface area contributed by atoms with Crippen LogP contribution in [0, 0.1) is 5.82 Å². The first-order valence-electron chi connectivity index (χ1n) is 8.43. The second-order valence-electron chi connectivity index (χ2n) is 6.37. The summed E-state index contributed by atoms with van der Waals surface area (Å²) in [5.41, 5.74) is -0.169. The molecule has 0 spiro atoms. The van der Waals surface area contributed by atoms with Gasteiger partial charge < -0.3 is 20.3 Å². The number of rotatable bonds is 4. The third-order valence-electron chi connectivity index (χ3n) is 4.56. The zero-order chi connectivity index (χ0) is 20.4. The molecule has 10 heteroatoms. The Morgan fingerprint density at radius 3 is 2.46 bits per heavy atom. The topological polar surface area (TPSA) is 102 Å². The molecule has 1 aromatic carbocycles. The molecule has 28 heavy (non-hydrogen) atoms. The highest BCUT2D eigenvalue weighted by molar-refractivity contribution is 6.37. The maximum absolute atomic E-state index is 14.2. The minimum Gasteiger partial charge on any atom is -0.465 e. The molecular formula is C18H16Cl2FN3O4. The van der Waals surface area contributed by atoms with E-state index < -0.39 is 23.6 Å². The smallest absolute Gasteiger partial charge is 0.407 e. The number of ketones is 1. The summed E-state index contributed by atoms with van der Waals surface area (Å²) in [4.78, 5) is 39.8. The molecule has 1 fully saturated rings. The fraction of sp³-hybridized carbons (Fsp3) is 0.278. The number of piperidine rings is 1. The predicted molar refractivity (Wildman–Crippen MR) is 101 cm³/mol. The molecule has 0 bridgehead atoms. The number of carbonyl (C=O) groups is 3. The number of aromatic nitrogens is 1. The van der Waals surface area contributed by atoms with Gasteiger partial charge in [-0.2, -0.15) is 0 Å². The van der Waals surface area contributed by atoms with Crippen LogP contribution in [0.1, 0.15) is 39.3 Å². The normalized spacial score (nSPS) is 14.8. The molecule has 3 N–H and O–H groups in total. The van der Waals surface area contributed by atoms with E-state index >= 15 is 0 Å². The molecule has 0 saturated carbocycles. The molecule has 1 aliphatic heterocycles. The standard InChI is InChI=1S/C18H16Cl2FN3O4/c19-11-1-2-12(20)15(21)14(11)16(25)9-7-13(22-8-9)17(26)23-10-3-5-24(6-4-10)18(27)28/h1-2,7-8,10,22H,3-6H2,(H,23,26)(H,27,28). The average Bonchev–Trinajstić information content (AvgIpc) is 3.16. The van der Waals surface area contributed by atoms with Gasteiger partial charge in [0.25, 0.3) is 5.91 Å². The summed E-state index contributed by atoms with van der Waals surface area (Å²) in [6.45, 7) is 0.669. The van der Waals surface area contributed by atoms with Crippen molar-refractivity contribution in [1.82, 2.24) is 15.2 Å². The van der Waals surface area contributed by atoms with Crippen molar-refractivity contribution in [3.8, 4) is 0 Å². The molecule has 7 nitrogen and oxygen atoms in total. The van der Waals surface area contributed by atoms with Crippen LogP contribution < -0.4 is 5.32 Å². The first kappa shape index (κ1) is 20.2. The van der Waals surface area contributed by atoms with E-state index in [4.69, 9.17) is 28.3 Å². The summed E-state index contributed by atoms with van der Waals surface area (Å²) in [5, 5.41) is 11.4. The van der Waals surface area contributed by atoms with Crippen LogP contribution in [0.5, 0.6) is 0 Å². The van der Waals surface area contributed by atoms with E-state index in [0.29, 0.717) is 25.9 Å². The van der Waals surface area contributed by atoms with Crippen molar-refractivity contribution in [3.63, 3.8) is 0 Å². The van der Waals surface area contributed by atoms with Crippen molar-refractivity contribution in [3.05, 3.63) is 57.1 Å². The fourth-order valence-electron chi connectivity index (χ4n) is 3.01. The molecule has 0 aliphatic carbocycles. The zero-order valence-electron chi connectivity index (χ0n) is 14.5. The van der Waals surface area contributed by atoms with Gasteiger partial charge in [0.05, 0.1) is 15.6 Å². The molecular weight excluding hydrogens is 412 g/mol. The highest BCUT2D eigenvalue weighted by atomic mass is 35.5. The summed E-state index contributed by atoms with van der Waals surface area (Å²) in [6, 6.07) is 3.71. The first-order valence-corrected chi connectivity index (χ1v) is 9.19. The van der Waals surface area contributed by atoms with Crippen LogP contribution in [-0.4, -0.2) is 51.9 Å². The SMILES string of the molecule is O=C(NC1CCN(C(=O)O)CC1)c1cc(C(=O)c2c(Cl)ccc(Cl)c2F)c[nH]1. The second-order valence-corrected chi connectivity index (χ2v) is 7.18. The van der Waals surface area contributed by atoms with Crippen LogP contribution in [0.15, 0.2) is 24.4 Å². The van der Waals surface area contributed by atoms with Gasteiger partial charge in [-0.15, -0.1) is 0 Å². The monoisotopic (exact) mass is 427 g/mol. The number of aromatic amines is 1. The molecule has 2 heterocycles. The number of benzene rings is 1. The molecule has 0 unspecified atom stereocenters. The first-order chi connectivity index (χ1) is 13.3. The van der Waals surface area contributed by atoms with E-state index in [-0.39, 0.29) is 32.9 Å². The number of nitrogens with zero attached hydrogens (tertiary/aromatic N) is 1. The number of hydrogen-bond donors (Lipinski definition) is 3. The number of carbonyl (C=O) groups excluding carboxylic acids is 2. The van der Waals surface area contributed by atoms with Crippen molar-refractivity contribution in [1.29, 1.82) is 0 Å². The lowest BCUT2D eigenvalue weighted by atomic mass is 10.0. The molecule has 2 amide bonds. The van der Waals surface area contributed by atoms with Crippen molar-refractivity contribution >= 4 is 41.0 Å². The number of halogens is 3. The van der Waals surface area contributed by atoms with Gasteiger partial charge in [-0.05, 0) is 31.0 Å². The highest BCUT2D eigenvalue weighted by Gasteiger charge is 2.25. The Kier molecular flexibility index (Phi) is 5.90. The number of H-pyrrole nitrogens is 1. The number of carboxylic acid groups (broad SMARTS) is 1.